The molecule has 0 saturated carbocycles. The minimum Gasteiger partial charge on any atom is -0.391 e. The van der Waals surface area contributed by atoms with E-state index in [0.29, 0.717) is 24.3 Å². The Hall–Kier alpha value is -0.680. The molecule has 0 saturated heterocycles. The van der Waals surface area contributed by atoms with E-state index in [0.717, 1.165) is 0 Å². The van der Waals surface area contributed by atoms with Crippen molar-refractivity contribution < 1.29 is 9.53 Å². The molecule has 5 heteroatoms. The number of hydrogen-bond acceptors (Lipinski definition) is 3. The fourth-order valence-electron chi connectivity index (χ4n) is 1.15. The molecule has 0 heterocycles. The Morgan fingerprint density at radius 1 is 1.62 bits per heavy atom. The molecule has 0 radical (unpaired) electrons. The highest BCUT2D eigenvalue weighted by Gasteiger charge is 2.27. The lowest BCUT2D eigenvalue weighted by Crippen LogP contribution is -2.54. The van der Waals surface area contributed by atoms with Crippen LogP contribution >= 0.6 is 12.2 Å². The summed E-state index contributed by atoms with van der Waals surface area (Å²) in [7, 11) is 1.63. The van der Waals surface area contributed by atoms with E-state index in [1.165, 1.54) is 0 Å². The number of amides is 1. The van der Waals surface area contributed by atoms with E-state index >= 15 is 0 Å². The van der Waals surface area contributed by atoms with Gasteiger partial charge in [0, 0.05) is 13.5 Å². The second-order valence-corrected chi connectivity index (χ2v) is 4.62. The molecular weight excluding hydrogens is 224 g/mol. The van der Waals surface area contributed by atoms with Crippen LogP contribution in [0.25, 0.3) is 0 Å². The highest BCUT2D eigenvalue weighted by atomic mass is 32.1. The Bertz CT molecular complexity index is 258. The first-order valence-electron chi connectivity index (χ1n) is 5.49. The van der Waals surface area contributed by atoms with Crippen LogP contribution in [-0.4, -0.2) is 29.6 Å². The Morgan fingerprint density at radius 3 is 2.56 bits per heavy atom. The topological polar surface area (TPSA) is 64.3 Å². The summed E-state index contributed by atoms with van der Waals surface area (Å²) >= 11 is 4.94. The highest BCUT2D eigenvalue weighted by molar-refractivity contribution is 7.80. The van der Waals surface area contributed by atoms with Gasteiger partial charge in [0.25, 0.3) is 0 Å². The second kappa shape index (κ2) is 6.81. The number of thiocarbonyl (C=S) groups is 1. The largest absolute Gasteiger partial charge is 0.391 e. The van der Waals surface area contributed by atoms with Crippen LogP contribution in [0.15, 0.2) is 0 Å². The highest BCUT2D eigenvalue weighted by Crippen LogP contribution is 2.10. The Kier molecular flexibility index (Phi) is 6.52. The maximum Gasteiger partial charge on any atom is 0.220 e. The van der Waals surface area contributed by atoms with Gasteiger partial charge in [0.2, 0.25) is 5.91 Å². The second-order valence-electron chi connectivity index (χ2n) is 4.18. The van der Waals surface area contributed by atoms with E-state index in [4.69, 9.17) is 22.7 Å². The minimum absolute atomic E-state index is 0.0407. The van der Waals surface area contributed by atoms with Gasteiger partial charge in [-0.15, -0.1) is 0 Å². The van der Waals surface area contributed by atoms with E-state index < -0.39 is 5.54 Å². The molecule has 2 unspecified atom stereocenters. The van der Waals surface area contributed by atoms with E-state index in [1.807, 2.05) is 20.8 Å². The lowest BCUT2D eigenvalue weighted by atomic mass is 9.98. The molecule has 4 nitrogen and oxygen atoms in total. The summed E-state index contributed by atoms with van der Waals surface area (Å²) in [6, 6.07) is 0. The normalized spacial score (nSPS) is 16.2. The number of methoxy groups -OCH3 is 1. The lowest BCUT2D eigenvalue weighted by Gasteiger charge is -2.28. The van der Waals surface area contributed by atoms with Crippen molar-refractivity contribution in [2.24, 2.45) is 5.73 Å². The Labute approximate surface area is 103 Å². The van der Waals surface area contributed by atoms with Gasteiger partial charge in [0.15, 0.2) is 0 Å². The molecule has 0 fully saturated rings. The number of carbonyl (C=O) groups is 1. The van der Waals surface area contributed by atoms with E-state index in [2.05, 4.69) is 5.32 Å². The van der Waals surface area contributed by atoms with Gasteiger partial charge in [-0.1, -0.05) is 19.1 Å². The van der Waals surface area contributed by atoms with Crippen LogP contribution in [0, 0.1) is 0 Å². The van der Waals surface area contributed by atoms with Crippen molar-refractivity contribution in [2.75, 3.05) is 7.11 Å². The molecule has 1 amide bonds. The molecule has 0 bridgehead atoms. The molecule has 16 heavy (non-hydrogen) atoms. The lowest BCUT2D eigenvalue weighted by molar-refractivity contribution is -0.122. The summed E-state index contributed by atoms with van der Waals surface area (Å²) in [6.45, 7) is 5.71. The van der Waals surface area contributed by atoms with Gasteiger partial charge in [0.1, 0.15) is 0 Å². The van der Waals surface area contributed by atoms with E-state index in [-0.39, 0.29) is 12.0 Å². The first kappa shape index (κ1) is 15.3. The zero-order chi connectivity index (χ0) is 12.8. The number of ether oxygens (including phenoxy) is 1. The first-order chi connectivity index (χ1) is 7.35. The van der Waals surface area contributed by atoms with Crippen LogP contribution in [-0.2, 0) is 9.53 Å². The van der Waals surface area contributed by atoms with Crippen LogP contribution in [0.5, 0.6) is 0 Å². The van der Waals surface area contributed by atoms with Gasteiger partial charge in [-0.3, -0.25) is 4.79 Å². The van der Waals surface area contributed by atoms with Gasteiger partial charge < -0.3 is 15.8 Å². The van der Waals surface area contributed by atoms with Crippen LogP contribution in [0.4, 0.5) is 0 Å². The van der Waals surface area contributed by atoms with Crippen molar-refractivity contribution in [3.8, 4) is 0 Å². The summed E-state index contributed by atoms with van der Waals surface area (Å²) in [5.74, 6) is -0.0407. The van der Waals surface area contributed by atoms with E-state index in [1.54, 1.807) is 7.11 Å². The third kappa shape index (κ3) is 4.90. The van der Waals surface area contributed by atoms with Gasteiger partial charge in [-0.05, 0) is 26.7 Å². The molecule has 0 aromatic carbocycles. The summed E-state index contributed by atoms with van der Waals surface area (Å²) in [5, 5.41) is 2.86. The summed E-state index contributed by atoms with van der Waals surface area (Å²) < 4.78 is 5.07. The number of carbonyl (C=O) groups excluding carboxylic acids is 1. The molecule has 2 atom stereocenters. The first-order valence-corrected chi connectivity index (χ1v) is 5.90. The zero-order valence-corrected chi connectivity index (χ0v) is 11.3. The molecule has 0 spiro atoms. The molecule has 0 rings (SSSR count). The van der Waals surface area contributed by atoms with Crippen LogP contribution in [0.1, 0.15) is 40.0 Å². The van der Waals surface area contributed by atoms with Crippen molar-refractivity contribution >= 4 is 23.1 Å². The van der Waals surface area contributed by atoms with Crippen molar-refractivity contribution in [1.29, 1.82) is 0 Å². The van der Waals surface area contributed by atoms with Crippen molar-refractivity contribution in [1.82, 2.24) is 5.32 Å². The van der Waals surface area contributed by atoms with Crippen LogP contribution in [0.2, 0.25) is 0 Å². The predicted molar refractivity (Wildman–Crippen MR) is 69.3 cm³/mol. The SMILES string of the molecule is CCC(C)(NC(=O)CCC(C)OC)C(N)=S. The van der Waals surface area contributed by atoms with Crippen molar-refractivity contribution in [3.63, 3.8) is 0 Å². The average molecular weight is 246 g/mol. The third-order valence-electron chi connectivity index (χ3n) is 2.85. The quantitative estimate of drug-likeness (QED) is 0.666. The molecule has 0 aliphatic carbocycles. The summed E-state index contributed by atoms with van der Waals surface area (Å²) in [4.78, 5) is 12.0. The molecule has 3 N–H and O–H groups in total. The standard InChI is InChI=1S/C11H22N2O2S/c1-5-11(3,10(12)16)13-9(14)7-6-8(2)15-4/h8H,5-7H2,1-4H3,(H2,12,16)(H,13,14). The number of nitrogens with one attached hydrogen (secondary N) is 1. The number of hydrogen-bond donors (Lipinski definition) is 2. The van der Waals surface area contributed by atoms with Crippen LogP contribution < -0.4 is 11.1 Å². The Balaban J connectivity index is 4.17. The van der Waals surface area contributed by atoms with Crippen molar-refractivity contribution in [3.05, 3.63) is 0 Å². The van der Waals surface area contributed by atoms with Gasteiger partial charge in [0.05, 0.1) is 16.6 Å². The fraction of sp³-hybridized carbons (Fsp3) is 0.818. The molecule has 0 aromatic rings. The molecular formula is C11H22N2O2S. The van der Waals surface area contributed by atoms with Crippen LogP contribution in [0.3, 0.4) is 0 Å². The maximum absolute atomic E-state index is 11.7. The zero-order valence-electron chi connectivity index (χ0n) is 10.5. The van der Waals surface area contributed by atoms with E-state index in [9.17, 15) is 4.79 Å². The molecule has 0 aliphatic rings. The maximum atomic E-state index is 11.7. The summed E-state index contributed by atoms with van der Waals surface area (Å²) in [5.41, 5.74) is 5.02. The smallest absolute Gasteiger partial charge is 0.220 e. The van der Waals surface area contributed by atoms with Gasteiger partial charge >= 0.3 is 0 Å². The predicted octanol–water partition coefficient (Wildman–Crippen LogP) is 1.37. The number of nitrogens with two attached hydrogens (primary N) is 1. The third-order valence-corrected chi connectivity index (χ3v) is 3.30. The molecule has 0 aliphatic heterocycles. The molecule has 0 aromatic heterocycles. The van der Waals surface area contributed by atoms with Gasteiger partial charge in [-0.25, -0.2) is 0 Å². The summed E-state index contributed by atoms with van der Waals surface area (Å²) in [6.07, 6.45) is 1.89. The number of rotatable bonds is 7. The minimum atomic E-state index is -0.581. The molecule has 94 valence electrons. The Morgan fingerprint density at radius 2 is 2.19 bits per heavy atom. The average Bonchev–Trinajstić information content (AvgIpc) is 2.25. The fourth-order valence-corrected chi connectivity index (χ4v) is 1.34. The monoisotopic (exact) mass is 246 g/mol. The van der Waals surface area contributed by atoms with Crippen molar-refractivity contribution in [2.45, 2.75) is 51.7 Å². The van der Waals surface area contributed by atoms with Gasteiger partial charge in [-0.2, -0.15) is 0 Å².